The number of hydrogen-bond acceptors (Lipinski definition) is 6. The summed E-state index contributed by atoms with van der Waals surface area (Å²) in [6.45, 7) is 12.0. The molecule has 1 aromatic heterocycles. The Kier molecular flexibility index (Phi) is 6.32. The molecular formula is C19H29N5O3S. The van der Waals surface area contributed by atoms with Crippen LogP contribution in [0.4, 0.5) is 4.79 Å². The van der Waals surface area contributed by atoms with E-state index in [9.17, 15) is 9.59 Å². The lowest BCUT2D eigenvalue weighted by atomic mass is 10.2. The van der Waals surface area contributed by atoms with Gasteiger partial charge in [-0.1, -0.05) is 17.8 Å². The van der Waals surface area contributed by atoms with E-state index in [0.717, 1.165) is 23.8 Å². The Bertz CT molecular complexity index is 730. The Balaban J connectivity index is 1.49. The molecule has 1 aromatic rings. The third-order valence-corrected chi connectivity index (χ3v) is 5.56. The lowest BCUT2D eigenvalue weighted by Crippen LogP contribution is -2.52. The number of rotatable bonds is 6. The van der Waals surface area contributed by atoms with Crippen LogP contribution in [-0.4, -0.2) is 74.1 Å². The van der Waals surface area contributed by atoms with Crippen LogP contribution in [0.5, 0.6) is 0 Å². The van der Waals surface area contributed by atoms with Crippen LogP contribution in [0.1, 0.15) is 45.4 Å². The molecule has 1 saturated heterocycles. The zero-order valence-electron chi connectivity index (χ0n) is 16.9. The van der Waals surface area contributed by atoms with Crippen molar-refractivity contribution >= 4 is 23.8 Å². The summed E-state index contributed by atoms with van der Waals surface area (Å²) < 4.78 is 7.45. The van der Waals surface area contributed by atoms with Crippen molar-refractivity contribution in [2.75, 3.05) is 31.9 Å². The normalized spacial score (nSPS) is 17.5. The third kappa shape index (κ3) is 5.27. The van der Waals surface area contributed by atoms with Gasteiger partial charge in [-0.3, -0.25) is 4.79 Å². The summed E-state index contributed by atoms with van der Waals surface area (Å²) in [7, 11) is 0. The van der Waals surface area contributed by atoms with E-state index in [0.29, 0.717) is 44.4 Å². The number of carbonyl (C=O) groups excluding carboxylic acids is 2. The molecule has 1 aliphatic heterocycles. The predicted octanol–water partition coefficient (Wildman–Crippen LogP) is 2.51. The molecule has 9 heteroatoms. The van der Waals surface area contributed by atoms with Crippen LogP contribution < -0.4 is 0 Å². The lowest BCUT2D eigenvalue weighted by Gasteiger charge is -2.35. The zero-order chi connectivity index (χ0) is 20.3. The molecule has 0 N–H and O–H groups in total. The summed E-state index contributed by atoms with van der Waals surface area (Å²) in [4.78, 5) is 28.2. The van der Waals surface area contributed by atoms with Crippen LogP contribution in [0.25, 0.3) is 0 Å². The average Bonchev–Trinajstić information content (AvgIpc) is 3.41. The van der Waals surface area contributed by atoms with Crippen LogP contribution in [0.3, 0.4) is 0 Å². The van der Waals surface area contributed by atoms with Gasteiger partial charge in [0.05, 0.1) is 5.75 Å². The second kappa shape index (κ2) is 8.55. The number of amides is 2. The van der Waals surface area contributed by atoms with E-state index in [4.69, 9.17) is 4.74 Å². The fraction of sp³-hybridized carbons (Fsp3) is 0.684. The van der Waals surface area contributed by atoms with Crippen molar-refractivity contribution in [3.63, 3.8) is 0 Å². The molecule has 0 spiro atoms. The predicted molar refractivity (Wildman–Crippen MR) is 107 cm³/mol. The fourth-order valence-electron chi connectivity index (χ4n) is 3.03. The number of aromatic nitrogens is 3. The maximum atomic E-state index is 12.6. The molecular weight excluding hydrogens is 378 g/mol. The van der Waals surface area contributed by atoms with Gasteiger partial charge >= 0.3 is 6.09 Å². The van der Waals surface area contributed by atoms with Crippen molar-refractivity contribution in [2.45, 2.75) is 56.8 Å². The number of nitrogens with zero attached hydrogens (tertiary/aromatic N) is 5. The molecule has 2 aliphatic rings. The minimum atomic E-state index is -0.513. The van der Waals surface area contributed by atoms with E-state index in [1.54, 1.807) is 9.80 Å². The number of ether oxygens (including phenoxy) is 1. The van der Waals surface area contributed by atoms with Gasteiger partial charge in [0.2, 0.25) is 5.91 Å². The molecule has 154 valence electrons. The van der Waals surface area contributed by atoms with Gasteiger partial charge in [-0.05, 0) is 33.6 Å². The third-order valence-electron chi connectivity index (χ3n) is 4.61. The second-order valence-electron chi connectivity index (χ2n) is 8.15. The van der Waals surface area contributed by atoms with Gasteiger partial charge in [0, 0.05) is 38.6 Å². The second-order valence-corrected chi connectivity index (χ2v) is 9.09. The van der Waals surface area contributed by atoms with E-state index in [-0.39, 0.29) is 12.0 Å². The number of allylic oxidation sites excluding steroid dienone is 1. The maximum Gasteiger partial charge on any atom is 0.410 e. The zero-order valence-corrected chi connectivity index (χ0v) is 17.7. The smallest absolute Gasteiger partial charge is 0.410 e. The summed E-state index contributed by atoms with van der Waals surface area (Å²) in [5.74, 6) is 1.86. The lowest BCUT2D eigenvalue weighted by molar-refractivity contribution is -0.130. The molecule has 3 rings (SSSR count). The Morgan fingerprint density at radius 1 is 1.18 bits per heavy atom. The van der Waals surface area contributed by atoms with Gasteiger partial charge in [0.15, 0.2) is 5.16 Å². The highest BCUT2D eigenvalue weighted by Crippen LogP contribution is 2.40. The van der Waals surface area contributed by atoms with Gasteiger partial charge in [0.25, 0.3) is 0 Å². The van der Waals surface area contributed by atoms with E-state index >= 15 is 0 Å². The molecule has 28 heavy (non-hydrogen) atoms. The molecule has 2 fully saturated rings. The number of thioether (sulfide) groups is 1. The molecule has 0 bridgehead atoms. The molecule has 0 unspecified atom stereocenters. The minimum absolute atomic E-state index is 0.0509. The summed E-state index contributed by atoms with van der Waals surface area (Å²) in [5.41, 5.74) is -0.513. The molecule has 2 heterocycles. The van der Waals surface area contributed by atoms with Crippen LogP contribution in [0, 0.1) is 0 Å². The first kappa shape index (κ1) is 20.7. The molecule has 8 nitrogen and oxygen atoms in total. The Labute approximate surface area is 170 Å². The number of carbonyl (C=O) groups is 2. The quantitative estimate of drug-likeness (QED) is 0.532. The van der Waals surface area contributed by atoms with Gasteiger partial charge < -0.3 is 19.1 Å². The number of hydrogen-bond donors (Lipinski definition) is 0. The first-order chi connectivity index (χ1) is 13.3. The van der Waals surface area contributed by atoms with Crippen LogP contribution in [0.15, 0.2) is 17.8 Å². The van der Waals surface area contributed by atoms with Crippen molar-refractivity contribution in [2.24, 2.45) is 0 Å². The highest BCUT2D eigenvalue weighted by atomic mass is 32.2. The summed E-state index contributed by atoms with van der Waals surface area (Å²) in [5, 5.41) is 9.34. The molecule has 0 atom stereocenters. The first-order valence-electron chi connectivity index (χ1n) is 9.71. The largest absolute Gasteiger partial charge is 0.444 e. The molecule has 1 aliphatic carbocycles. The van der Waals surface area contributed by atoms with Crippen molar-refractivity contribution < 1.29 is 14.3 Å². The van der Waals surface area contributed by atoms with Crippen molar-refractivity contribution in [1.82, 2.24) is 24.6 Å². The molecule has 2 amide bonds. The highest BCUT2D eigenvalue weighted by molar-refractivity contribution is 7.99. The SMILES string of the molecule is C=CCn1c(SCC(=O)N2CCN(C(=O)OC(C)(C)C)CC2)nnc1C1CC1. The first-order valence-corrected chi connectivity index (χ1v) is 10.7. The van der Waals surface area contributed by atoms with Crippen LogP contribution >= 0.6 is 11.8 Å². The van der Waals surface area contributed by atoms with Crippen LogP contribution in [0.2, 0.25) is 0 Å². The van der Waals surface area contributed by atoms with Gasteiger partial charge in [0.1, 0.15) is 11.4 Å². The number of piperazine rings is 1. The molecule has 0 aromatic carbocycles. The van der Waals surface area contributed by atoms with E-state index < -0.39 is 5.60 Å². The fourth-order valence-corrected chi connectivity index (χ4v) is 3.89. The Morgan fingerprint density at radius 2 is 1.82 bits per heavy atom. The molecule has 1 saturated carbocycles. The van der Waals surface area contributed by atoms with E-state index in [1.807, 2.05) is 26.8 Å². The Morgan fingerprint density at radius 3 is 2.39 bits per heavy atom. The van der Waals surface area contributed by atoms with Gasteiger partial charge in [-0.2, -0.15) is 0 Å². The van der Waals surface area contributed by atoms with Gasteiger partial charge in [-0.25, -0.2) is 4.79 Å². The van der Waals surface area contributed by atoms with Gasteiger partial charge in [-0.15, -0.1) is 16.8 Å². The minimum Gasteiger partial charge on any atom is -0.444 e. The molecule has 0 radical (unpaired) electrons. The van der Waals surface area contributed by atoms with Crippen molar-refractivity contribution in [3.05, 3.63) is 18.5 Å². The van der Waals surface area contributed by atoms with E-state index in [2.05, 4.69) is 21.3 Å². The monoisotopic (exact) mass is 407 g/mol. The summed E-state index contributed by atoms with van der Waals surface area (Å²) in [6.07, 6.45) is 3.82. The Hall–Kier alpha value is -2.03. The topological polar surface area (TPSA) is 80.6 Å². The van der Waals surface area contributed by atoms with Crippen molar-refractivity contribution in [3.8, 4) is 0 Å². The standard InChI is InChI=1S/C19H29N5O3S/c1-5-8-24-16(14-6-7-14)20-21-17(24)28-13-15(25)22-9-11-23(12-10-22)18(26)27-19(2,3)4/h5,14H,1,6-13H2,2-4H3. The van der Waals surface area contributed by atoms with Crippen molar-refractivity contribution in [1.29, 1.82) is 0 Å². The summed E-state index contributed by atoms with van der Waals surface area (Å²) >= 11 is 1.41. The summed E-state index contributed by atoms with van der Waals surface area (Å²) in [6, 6.07) is 0. The average molecular weight is 408 g/mol. The van der Waals surface area contributed by atoms with Crippen LogP contribution in [-0.2, 0) is 16.1 Å². The highest BCUT2D eigenvalue weighted by Gasteiger charge is 2.31. The van der Waals surface area contributed by atoms with E-state index in [1.165, 1.54) is 11.8 Å². The maximum absolute atomic E-state index is 12.6.